The number of nitrogens with one attached hydrogen (secondary N) is 1. The molecule has 1 aromatic carbocycles. The zero-order valence-corrected chi connectivity index (χ0v) is 15.6. The van der Waals surface area contributed by atoms with E-state index in [0.29, 0.717) is 55.0 Å². The zero-order valence-electron chi connectivity index (χ0n) is 14.8. The molecule has 0 saturated heterocycles. The number of amides is 1. The van der Waals surface area contributed by atoms with E-state index < -0.39 is 5.97 Å². The Bertz CT molecular complexity index is 691. The lowest BCUT2D eigenvalue weighted by Crippen LogP contribution is -2.34. The minimum atomic E-state index is -0.460. The summed E-state index contributed by atoms with van der Waals surface area (Å²) in [6.45, 7) is 0.342. The molecule has 142 valence electrons. The summed E-state index contributed by atoms with van der Waals surface area (Å²) in [6, 6.07) is 3.20. The van der Waals surface area contributed by atoms with Crippen molar-refractivity contribution in [3.63, 3.8) is 0 Å². The molecule has 1 amide bonds. The van der Waals surface area contributed by atoms with E-state index in [1.54, 1.807) is 6.07 Å². The fraction of sp³-hybridized carbons (Fsp3) is 0.500. The van der Waals surface area contributed by atoms with Crippen molar-refractivity contribution in [2.45, 2.75) is 38.2 Å². The zero-order chi connectivity index (χ0) is 19.1. The number of rotatable bonds is 8. The molecule has 0 bridgehead atoms. The average molecular weight is 384 g/mol. The predicted molar refractivity (Wildman–Crippen MR) is 94.4 cm³/mol. The van der Waals surface area contributed by atoms with Gasteiger partial charge in [0.1, 0.15) is 11.9 Å². The van der Waals surface area contributed by atoms with Crippen molar-refractivity contribution in [2.24, 2.45) is 0 Å². The number of benzene rings is 1. The van der Waals surface area contributed by atoms with Crippen LogP contribution in [0, 0.1) is 0 Å². The van der Waals surface area contributed by atoms with E-state index in [4.69, 9.17) is 21.1 Å². The molecular formula is C18H22ClNO6. The van der Waals surface area contributed by atoms with Gasteiger partial charge in [-0.2, -0.15) is 0 Å². The predicted octanol–water partition coefficient (Wildman–Crippen LogP) is 2.28. The largest absolute Gasteiger partial charge is 0.486 e. The molecule has 8 heteroatoms. The van der Waals surface area contributed by atoms with E-state index in [1.165, 1.54) is 20.3 Å². The van der Waals surface area contributed by atoms with E-state index in [0.717, 1.165) is 5.56 Å². The maximum Gasteiger partial charge on any atom is 0.337 e. The van der Waals surface area contributed by atoms with Gasteiger partial charge in [0.2, 0.25) is 5.91 Å². The highest BCUT2D eigenvalue weighted by Gasteiger charge is 2.27. The van der Waals surface area contributed by atoms with Crippen LogP contribution in [0.5, 0.6) is 5.75 Å². The second-order valence-corrected chi connectivity index (χ2v) is 6.38. The molecule has 0 unspecified atom stereocenters. The highest BCUT2D eigenvalue weighted by atomic mass is 35.5. The number of fused-ring (bicyclic) bond motifs is 1. The molecule has 0 saturated carbocycles. The van der Waals surface area contributed by atoms with Crippen LogP contribution >= 0.6 is 11.6 Å². The van der Waals surface area contributed by atoms with Gasteiger partial charge in [0.25, 0.3) is 0 Å². The topological polar surface area (TPSA) is 90.9 Å². The first-order valence-electron chi connectivity index (χ1n) is 8.35. The van der Waals surface area contributed by atoms with E-state index in [9.17, 15) is 14.4 Å². The van der Waals surface area contributed by atoms with Crippen molar-refractivity contribution >= 4 is 29.4 Å². The lowest BCUT2D eigenvalue weighted by Gasteiger charge is -2.12. The van der Waals surface area contributed by atoms with Crippen molar-refractivity contribution in [2.75, 3.05) is 20.8 Å². The quantitative estimate of drug-likeness (QED) is 0.547. The first kappa shape index (κ1) is 20.0. The molecule has 0 aliphatic carbocycles. The summed E-state index contributed by atoms with van der Waals surface area (Å²) in [5.74, 6) is -0.295. The van der Waals surface area contributed by atoms with Gasteiger partial charge in [-0.15, -0.1) is 0 Å². The average Bonchev–Trinajstić information content (AvgIpc) is 3.06. The standard InChI is InChI=1S/C18H22ClNO6/c1-24-16(22)6-4-3-5-15(21)20-10-13-8-11-7-12(18(23)25-2)9-14(19)17(11)26-13/h7,9,13H,3-6,8,10H2,1-2H3,(H,20,21)/t13-/m1/s1. The van der Waals surface area contributed by atoms with Gasteiger partial charge in [-0.3, -0.25) is 9.59 Å². The molecule has 2 rings (SSSR count). The maximum absolute atomic E-state index is 11.9. The molecule has 0 radical (unpaired) electrons. The monoisotopic (exact) mass is 383 g/mol. The third kappa shape index (κ3) is 5.36. The van der Waals surface area contributed by atoms with Crippen LogP contribution in [0.15, 0.2) is 12.1 Å². The number of ether oxygens (including phenoxy) is 3. The van der Waals surface area contributed by atoms with Gasteiger partial charge in [0, 0.05) is 24.8 Å². The number of esters is 2. The molecular weight excluding hydrogens is 362 g/mol. The summed E-state index contributed by atoms with van der Waals surface area (Å²) in [6.07, 6.45) is 2.17. The van der Waals surface area contributed by atoms with Crippen LogP contribution in [-0.2, 0) is 25.5 Å². The van der Waals surface area contributed by atoms with Crippen LogP contribution in [0.1, 0.15) is 41.6 Å². The number of methoxy groups -OCH3 is 2. The Labute approximate surface area is 156 Å². The molecule has 1 heterocycles. The van der Waals surface area contributed by atoms with E-state index in [1.807, 2.05) is 0 Å². The fourth-order valence-electron chi connectivity index (χ4n) is 2.71. The molecule has 0 fully saturated rings. The number of carbonyl (C=O) groups excluding carboxylic acids is 3. The number of halogens is 1. The van der Waals surface area contributed by atoms with Crippen LogP contribution in [0.2, 0.25) is 5.02 Å². The normalized spacial score (nSPS) is 15.0. The Morgan fingerprint density at radius 3 is 2.62 bits per heavy atom. The Balaban J connectivity index is 1.78. The third-order valence-electron chi connectivity index (χ3n) is 4.06. The lowest BCUT2D eigenvalue weighted by molar-refractivity contribution is -0.140. The van der Waals surface area contributed by atoms with Gasteiger partial charge in [0.05, 0.1) is 31.4 Å². The van der Waals surface area contributed by atoms with Crippen LogP contribution in [-0.4, -0.2) is 44.7 Å². The third-order valence-corrected chi connectivity index (χ3v) is 4.34. The van der Waals surface area contributed by atoms with E-state index in [-0.39, 0.29) is 18.0 Å². The molecule has 1 aromatic rings. The highest BCUT2D eigenvalue weighted by molar-refractivity contribution is 6.32. The Morgan fingerprint density at radius 1 is 1.19 bits per heavy atom. The van der Waals surface area contributed by atoms with Crippen LogP contribution in [0.4, 0.5) is 0 Å². The van der Waals surface area contributed by atoms with Gasteiger partial charge >= 0.3 is 11.9 Å². The van der Waals surface area contributed by atoms with Crippen molar-refractivity contribution in [3.8, 4) is 5.75 Å². The second kappa shape index (κ2) is 9.43. The van der Waals surface area contributed by atoms with E-state index in [2.05, 4.69) is 10.1 Å². The highest BCUT2D eigenvalue weighted by Crippen LogP contribution is 2.37. The molecule has 1 atom stereocenters. The Hall–Kier alpha value is -2.28. The summed E-state index contributed by atoms with van der Waals surface area (Å²) in [7, 11) is 2.65. The van der Waals surface area contributed by atoms with Gasteiger partial charge in [-0.05, 0) is 25.0 Å². The lowest BCUT2D eigenvalue weighted by atomic mass is 10.1. The molecule has 1 N–H and O–H groups in total. The fourth-order valence-corrected chi connectivity index (χ4v) is 2.99. The van der Waals surface area contributed by atoms with Crippen molar-refractivity contribution in [3.05, 3.63) is 28.3 Å². The summed E-state index contributed by atoms with van der Waals surface area (Å²) in [5, 5.41) is 3.16. The Morgan fingerprint density at radius 2 is 1.92 bits per heavy atom. The van der Waals surface area contributed by atoms with Gasteiger partial charge in [-0.1, -0.05) is 11.6 Å². The SMILES string of the molecule is COC(=O)CCCCC(=O)NC[C@H]1Cc2cc(C(=O)OC)cc(Cl)c2O1. The minimum Gasteiger partial charge on any atom is -0.486 e. The number of hydrogen-bond acceptors (Lipinski definition) is 6. The summed E-state index contributed by atoms with van der Waals surface area (Å²) >= 11 is 6.17. The van der Waals surface area contributed by atoms with E-state index >= 15 is 0 Å². The molecule has 1 aliphatic heterocycles. The first-order chi connectivity index (χ1) is 12.4. The first-order valence-corrected chi connectivity index (χ1v) is 8.73. The van der Waals surface area contributed by atoms with Crippen LogP contribution < -0.4 is 10.1 Å². The molecule has 0 aromatic heterocycles. The molecule has 0 spiro atoms. The smallest absolute Gasteiger partial charge is 0.337 e. The summed E-state index contributed by atoms with van der Waals surface area (Å²) < 4.78 is 15.0. The van der Waals surface area contributed by atoms with Gasteiger partial charge in [-0.25, -0.2) is 4.79 Å². The minimum absolute atomic E-state index is 0.101. The summed E-state index contributed by atoms with van der Waals surface area (Å²) in [5.41, 5.74) is 1.19. The molecule has 26 heavy (non-hydrogen) atoms. The summed E-state index contributed by atoms with van der Waals surface area (Å²) in [4.78, 5) is 34.5. The number of unbranched alkanes of at least 4 members (excludes halogenated alkanes) is 1. The van der Waals surface area contributed by atoms with Gasteiger partial charge < -0.3 is 19.5 Å². The van der Waals surface area contributed by atoms with Gasteiger partial charge in [0.15, 0.2) is 0 Å². The molecule has 7 nitrogen and oxygen atoms in total. The number of carbonyl (C=O) groups is 3. The Kier molecular flexibility index (Phi) is 7.26. The van der Waals surface area contributed by atoms with Crippen LogP contribution in [0.25, 0.3) is 0 Å². The van der Waals surface area contributed by atoms with Crippen molar-refractivity contribution < 1.29 is 28.6 Å². The number of hydrogen-bond donors (Lipinski definition) is 1. The van der Waals surface area contributed by atoms with Crippen molar-refractivity contribution in [1.29, 1.82) is 0 Å². The molecule has 1 aliphatic rings. The second-order valence-electron chi connectivity index (χ2n) is 5.97. The maximum atomic E-state index is 11.9. The van der Waals surface area contributed by atoms with Crippen LogP contribution in [0.3, 0.4) is 0 Å². The van der Waals surface area contributed by atoms with Crippen molar-refractivity contribution in [1.82, 2.24) is 5.32 Å².